The predicted octanol–water partition coefficient (Wildman–Crippen LogP) is 1.59. The second-order valence-electron chi connectivity index (χ2n) is 5.94. The van der Waals surface area contributed by atoms with Crippen molar-refractivity contribution in [1.29, 1.82) is 0 Å². The second-order valence-corrected chi connectivity index (χ2v) is 5.94. The number of aryl methyl sites for hydroxylation is 1. The number of cyclic esters (lactones) is 1. The molecule has 0 N–H and O–H groups in total. The molecule has 2 aliphatic rings. The Hall–Kier alpha value is -2.57. The molecule has 0 bridgehead atoms. The highest BCUT2D eigenvalue weighted by molar-refractivity contribution is 6.06. The number of ketones is 1. The maximum atomic E-state index is 12.7. The Bertz CT molecular complexity index is 724. The Morgan fingerprint density at radius 2 is 2.04 bits per heavy atom. The monoisotopic (exact) mass is 334 g/mol. The molecule has 0 aromatic heterocycles. The number of fused-ring (bicyclic) bond motifs is 1. The molecule has 7 heteroatoms. The third kappa shape index (κ3) is 2.40. The first-order valence-corrected chi connectivity index (χ1v) is 7.60. The highest BCUT2D eigenvalue weighted by atomic mass is 16.6. The zero-order valence-electron chi connectivity index (χ0n) is 13.7. The van der Waals surface area contributed by atoms with Crippen LogP contribution in [0.25, 0.3) is 0 Å². The molecular weight excluding hydrogens is 316 g/mol. The molecule has 0 radical (unpaired) electrons. The summed E-state index contributed by atoms with van der Waals surface area (Å²) >= 11 is 0. The summed E-state index contributed by atoms with van der Waals surface area (Å²) in [6.07, 6.45) is -0.671. The summed E-state index contributed by atoms with van der Waals surface area (Å²) in [6, 6.07) is 3.38. The van der Waals surface area contributed by atoms with Gasteiger partial charge in [0.15, 0.2) is 11.9 Å². The van der Waals surface area contributed by atoms with Crippen LogP contribution in [0.4, 0.5) is 0 Å². The lowest BCUT2D eigenvalue weighted by molar-refractivity contribution is -0.175. The molecule has 128 valence electrons. The molecule has 0 saturated carbocycles. The Labute approximate surface area is 138 Å². The van der Waals surface area contributed by atoms with Crippen molar-refractivity contribution in [3.63, 3.8) is 0 Å². The molecule has 1 saturated heterocycles. The minimum absolute atomic E-state index is 0.172. The molecule has 2 aliphatic heterocycles. The van der Waals surface area contributed by atoms with E-state index in [4.69, 9.17) is 18.9 Å². The molecule has 3 rings (SSSR count). The maximum Gasteiger partial charge on any atom is 0.354 e. The van der Waals surface area contributed by atoms with Gasteiger partial charge in [-0.05, 0) is 31.0 Å². The predicted molar refractivity (Wildman–Crippen MR) is 81.2 cm³/mol. The van der Waals surface area contributed by atoms with Crippen molar-refractivity contribution in [3.8, 4) is 11.5 Å². The van der Waals surface area contributed by atoms with Gasteiger partial charge < -0.3 is 18.9 Å². The number of rotatable bonds is 3. The number of hydrogen-bond donors (Lipinski definition) is 0. The van der Waals surface area contributed by atoms with Crippen LogP contribution in [0.2, 0.25) is 0 Å². The topological polar surface area (TPSA) is 88.1 Å². The fraction of sp³-hybridized carbons (Fsp3) is 0.471. The summed E-state index contributed by atoms with van der Waals surface area (Å²) in [7, 11) is 2.67. The number of methoxy groups -OCH3 is 2. The summed E-state index contributed by atoms with van der Waals surface area (Å²) in [5.74, 6) is -0.858. The van der Waals surface area contributed by atoms with Crippen molar-refractivity contribution in [3.05, 3.63) is 23.3 Å². The van der Waals surface area contributed by atoms with Gasteiger partial charge in [-0.3, -0.25) is 9.59 Å². The Morgan fingerprint density at radius 1 is 1.29 bits per heavy atom. The summed E-state index contributed by atoms with van der Waals surface area (Å²) in [6.45, 7) is 1.82. The minimum atomic E-state index is -1.66. The van der Waals surface area contributed by atoms with Gasteiger partial charge in [0.1, 0.15) is 17.1 Å². The van der Waals surface area contributed by atoms with Crippen molar-refractivity contribution in [2.75, 3.05) is 14.2 Å². The van der Waals surface area contributed by atoms with E-state index >= 15 is 0 Å². The van der Waals surface area contributed by atoms with Crippen LogP contribution in [0, 0.1) is 6.92 Å². The van der Waals surface area contributed by atoms with Crippen molar-refractivity contribution in [2.45, 2.75) is 37.9 Å². The van der Waals surface area contributed by atoms with E-state index in [-0.39, 0.29) is 29.9 Å². The number of carbonyl (C=O) groups excluding carboxylic acids is 3. The molecule has 1 aromatic carbocycles. The normalized spacial score (nSPS) is 25.5. The lowest BCUT2D eigenvalue weighted by atomic mass is 9.83. The number of ether oxygens (including phenoxy) is 4. The van der Waals surface area contributed by atoms with Crippen LogP contribution in [0.5, 0.6) is 11.5 Å². The third-order valence-electron chi connectivity index (χ3n) is 4.36. The molecule has 0 aliphatic carbocycles. The standard InChI is InChI=1S/C17H18O7/c1-9-6-11(21-2)15-10(18)8-17(16(20)22-3,24-12(15)7-9)13-4-5-14(19)23-13/h6-7,13H,4-5,8H2,1-3H3/t13-,17+/m0/s1. The number of Topliss-reactive ketones (excluding diaryl/α,β-unsaturated/α-hetero) is 1. The van der Waals surface area contributed by atoms with Crippen molar-refractivity contribution < 1.29 is 33.3 Å². The zero-order chi connectivity index (χ0) is 17.5. The van der Waals surface area contributed by atoms with E-state index in [1.165, 1.54) is 14.2 Å². The average molecular weight is 334 g/mol. The molecule has 7 nitrogen and oxygen atoms in total. The number of benzene rings is 1. The van der Waals surface area contributed by atoms with Crippen LogP contribution in [-0.4, -0.2) is 43.6 Å². The molecule has 1 fully saturated rings. The Morgan fingerprint density at radius 3 is 2.62 bits per heavy atom. The van der Waals surface area contributed by atoms with Crippen LogP contribution in [-0.2, 0) is 19.1 Å². The van der Waals surface area contributed by atoms with Crippen LogP contribution >= 0.6 is 0 Å². The van der Waals surface area contributed by atoms with E-state index in [9.17, 15) is 14.4 Å². The summed E-state index contributed by atoms with van der Waals surface area (Å²) in [5.41, 5.74) is -0.571. The smallest absolute Gasteiger partial charge is 0.354 e. The van der Waals surface area contributed by atoms with E-state index in [0.29, 0.717) is 12.2 Å². The molecule has 2 heterocycles. The quantitative estimate of drug-likeness (QED) is 0.776. The van der Waals surface area contributed by atoms with Gasteiger partial charge in [0.25, 0.3) is 0 Å². The van der Waals surface area contributed by atoms with E-state index in [1.54, 1.807) is 12.1 Å². The van der Waals surface area contributed by atoms with Gasteiger partial charge >= 0.3 is 11.9 Å². The van der Waals surface area contributed by atoms with E-state index in [2.05, 4.69) is 0 Å². The summed E-state index contributed by atoms with van der Waals surface area (Å²) < 4.78 is 21.3. The van der Waals surface area contributed by atoms with Gasteiger partial charge in [0, 0.05) is 6.42 Å². The summed E-state index contributed by atoms with van der Waals surface area (Å²) in [5, 5.41) is 0. The van der Waals surface area contributed by atoms with Crippen LogP contribution in [0.1, 0.15) is 35.2 Å². The molecule has 24 heavy (non-hydrogen) atoms. The maximum absolute atomic E-state index is 12.7. The Balaban J connectivity index is 2.11. The highest BCUT2D eigenvalue weighted by Gasteiger charge is 2.57. The molecule has 0 amide bonds. The largest absolute Gasteiger partial charge is 0.496 e. The lowest BCUT2D eigenvalue weighted by Gasteiger charge is -2.38. The van der Waals surface area contributed by atoms with Crippen molar-refractivity contribution >= 4 is 17.7 Å². The van der Waals surface area contributed by atoms with E-state index < -0.39 is 23.6 Å². The first kappa shape index (κ1) is 16.3. The summed E-state index contributed by atoms with van der Waals surface area (Å²) in [4.78, 5) is 36.7. The van der Waals surface area contributed by atoms with Crippen LogP contribution in [0.15, 0.2) is 12.1 Å². The lowest BCUT2D eigenvalue weighted by Crippen LogP contribution is -2.58. The van der Waals surface area contributed by atoms with Crippen LogP contribution in [0.3, 0.4) is 0 Å². The van der Waals surface area contributed by atoms with Gasteiger partial charge in [0.2, 0.25) is 5.60 Å². The van der Waals surface area contributed by atoms with E-state index in [1.807, 2.05) is 6.92 Å². The first-order chi connectivity index (χ1) is 11.4. The highest BCUT2D eigenvalue weighted by Crippen LogP contribution is 2.43. The second kappa shape index (κ2) is 5.81. The Kier molecular flexibility index (Phi) is 3.95. The molecule has 0 unspecified atom stereocenters. The van der Waals surface area contributed by atoms with Crippen molar-refractivity contribution in [2.24, 2.45) is 0 Å². The minimum Gasteiger partial charge on any atom is -0.496 e. The first-order valence-electron chi connectivity index (χ1n) is 7.60. The van der Waals surface area contributed by atoms with Crippen molar-refractivity contribution in [1.82, 2.24) is 0 Å². The fourth-order valence-corrected chi connectivity index (χ4v) is 3.25. The van der Waals surface area contributed by atoms with Gasteiger partial charge in [-0.25, -0.2) is 4.79 Å². The third-order valence-corrected chi connectivity index (χ3v) is 4.36. The number of esters is 2. The average Bonchev–Trinajstić information content (AvgIpc) is 2.99. The number of hydrogen-bond acceptors (Lipinski definition) is 7. The molecule has 1 aromatic rings. The van der Waals surface area contributed by atoms with Crippen LogP contribution < -0.4 is 9.47 Å². The molecule has 0 spiro atoms. The van der Waals surface area contributed by atoms with E-state index in [0.717, 1.165) is 5.56 Å². The number of carbonyl (C=O) groups is 3. The fourth-order valence-electron chi connectivity index (χ4n) is 3.25. The van der Waals surface area contributed by atoms with Gasteiger partial charge in [-0.1, -0.05) is 0 Å². The van der Waals surface area contributed by atoms with Gasteiger partial charge in [-0.2, -0.15) is 0 Å². The zero-order valence-corrected chi connectivity index (χ0v) is 13.7. The molecule has 2 atom stereocenters. The van der Waals surface area contributed by atoms with Gasteiger partial charge in [0.05, 0.1) is 20.6 Å². The van der Waals surface area contributed by atoms with Gasteiger partial charge in [-0.15, -0.1) is 0 Å². The molecular formula is C17H18O7. The SMILES string of the molecule is COC(=O)[C@]1([C@@H]2CCC(=O)O2)CC(=O)c2c(OC)cc(C)cc2O1.